The molecule has 0 fully saturated rings. The molecule has 0 unspecified atom stereocenters. The molecule has 5 rings (SSSR count). The van der Waals surface area contributed by atoms with Crippen LogP contribution >= 0.6 is 27.3 Å². The average Bonchev–Trinajstić information content (AvgIpc) is 3.28. The van der Waals surface area contributed by atoms with Crippen LogP contribution in [0.2, 0.25) is 0 Å². The van der Waals surface area contributed by atoms with E-state index in [-0.39, 0.29) is 12.2 Å². The second-order valence-corrected chi connectivity index (χ2v) is 11.2. The Hall–Kier alpha value is -3.95. The fourth-order valence-corrected chi connectivity index (χ4v) is 5.90. The molecular weight excluding hydrogens is 604 g/mol. The molecule has 3 aromatic carbocycles. The van der Waals surface area contributed by atoms with Gasteiger partial charge in [0.15, 0.2) is 16.3 Å². The molecule has 0 spiro atoms. The summed E-state index contributed by atoms with van der Waals surface area (Å²) in [6, 6.07) is 22.6. The Labute approximate surface area is 250 Å². The minimum absolute atomic E-state index is 0.223. The van der Waals surface area contributed by atoms with Crippen LogP contribution in [0.15, 0.2) is 92.6 Å². The molecule has 0 amide bonds. The fourth-order valence-electron chi connectivity index (χ4n) is 4.59. The summed E-state index contributed by atoms with van der Waals surface area (Å²) >= 11 is 4.74. The molecule has 9 heteroatoms. The molecular formula is C32H29BrN2O5S. The maximum atomic E-state index is 13.6. The number of benzene rings is 3. The molecule has 1 aliphatic rings. The van der Waals surface area contributed by atoms with E-state index in [9.17, 15) is 9.59 Å². The Morgan fingerprint density at radius 1 is 1.00 bits per heavy atom. The van der Waals surface area contributed by atoms with Crippen molar-refractivity contribution in [2.75, 3.05) is 13.2 Å². The molecule has 2 heterocycles. The zero-order valence-corrected chi connectivity index (χ0v) is 25.3. The van der Waals surface area contributed by atoms with Crippen molar-refractivity contribution in [3.05, 3.63) is 119 Å². The van der Waals surface area contributed by atoms with Crippen LogP contribution in [0.1, 0.15) is 43.5 Å². The normalized spacial score (nSPS) is 14.8. The Kier molecular flexibility index (Phi) is 8.85. The van der Waals surface area contributed by atoms with Crippen molar-refractivity contribution in [3.63, 3.8) is 0 Å². The fraction of sp³-hybridized carbons (Fsp3) is 0.219. The van der Waals surface area contributed by atoms with Crippen molar-refractivity contribution in [2.45, 2.75) is 33.4 Å². The van der Waals surface area contributed by atoms with Crippen molar-refractivity contribution in [2.24, 2.45) is 4.99 Å². The number of fused-ring (bicyclic) bond motifs is 1. The van der Waals surface area contributed by atoms with E-state index in [2.05, 4.69) is 15.9 Å². The van der Waals surface area contributed by atoms with E-state index in [4.69, 9.17) is 19.2 Å². The second kappa shape index (κ2) is 12.7. The molecule has 0 saturated carbocycles. The zero-order chi connectivity index (χ0) is 28.9. The van der Waals surface area contributed by atoms with Crippen LogP contribution in [-0.2, 0) is 16.1 Å². The summed E-state index contributed by atoms with van der Waals surface area (Å²) in [5, 5.41) is 0. The van der Waals surface area contributed by atoms with E-state index in [1.165, 1.54) is 15.9 Å². The van der Waals surface area contributed by atoms with E-state index in [0.717, 1.165) is 21.2 Å². The topological polar surface area (TPSA) is 79.1 Å². The number of hydrogen-bond acceptors (Lipinski definition) is 7. The van der Waals surface area contributed by atoms with Crippen LogP contribution in [0.5, 0.6) is 11.5 Å². The molecule has 210 valence electrons. The van der Waals surface area contributed by atoms with Crippen LogP contribution in [0, 0.1) is 0 Å². The number of halogens is 1. The number of carbonyl (C=O) groups is 1. The van der Waals surface area contributed by atoms with Crippen molar-refractivity contribution in [1.82, 2.24) is 4.57 Å². The van der Waals surface area contributed by atoms with Gasteiger partial charge in [0.05, 0.1) is 23.3 Å². The number of thiazole rings is 1. The molecule has 0 aliphatic carbocycles. The SMILES string of the molecule is CCOC(=O)C1=C(C)n2c(s/c(=C\c3ccc(OCc4ccccc4)c(OCC)c3)c2=O)=N[C@@H]1c1ccc(Br)cc1. The van der Waals surface area contributed by atoms with Gasteiger partial charge in [-0.1, -0.05) is 75.8 Å². The van der Waals surface area contributed by atoms with E-state index < -0.39 is 12.0 Å². The molecule has 41 heavy (non-hydrogen) atoms. The summed E-state index contributed by atoms with van der Waals surface area (Å²) in [7, 11) is 0. The maximum Gasteiger partial charge on any atom is 0.338 e. The second-order valence-electron chi connectivity index (χ2n) is 9.25. The molecule has 4 aromatic rings. The third kappa shape index (κ3) is 6.21. The van der Waals surface area contributed by atoms with Gasteiger partial charge in [-0.3, -0.25) is 9.36 Å². The quantitative estimate of drug-likeness (QED) is 0.223. The van der Waals surface area contributed by atoms with Crippen LogP contribution in [0.4, 0.5) is 0 Å². The monoisotopic (exact) mass is 632 g/mol. The summed E-state index contributed by atoms with van der Waals surface area (Å²) in [4.78, 5) is 32.1. The minimum Gasteiger partial charge on any atom is -0.490 e. The first-order valence-electron chi connectivity index (χ1n) is 13.3. The van der Waals surface area contributed by atoms with Crippen LogP contribution in [0.25, 0.3) is 11.8 Å². The molecule has 1 aliphatic heterocycles. The third-order valence-corrected chi connectivity index (χ3v) is 8.04. The van der Waals surface area contributed by atoms with Gasteiger partial charge in [-0.25, -0.2) is 9.79 Å². The highest BCUT2D eigenvalue weighted by Crippen LogP contribution is 2.33. The number of rotatable bonds is 9. The van der Waals surface area contributed by atoms with E-state index in [1.54, 1.807) is 13.8 Å². The summed E-state index contributed by atoms with van der Waals surface area (Å²) in [6.45, 7) is 6.54. The molecule has 0 N–H and O–H groups in total. The molecule has 0 saturated heterocycles. The lowest BCUT2D eigenvalue weighted by molar-refractivity contribution is -0.138. The molecule has 0 bridgehead atoms. The van der Waals surface area contributed by atoms with Crippen molar-refractivity contribution < 1.29 is 19.0 Å². The van der Waals surface area contributed by atoms with Crippen molar-refractivity contribution >= 4 is 45.0 Å². The summed E-state index contributed by atoms with van der Waals surface area (Å²) < 4.78 is 20.2. The first-order chi connectivity index (χ1) is 19.9. The van der Waals surface area contributed by atoms with Crippen molar-refractivity contribution in [1.29, 1.82) is 0 Å². The van der Waals surface area contributed by atoms with Gasteiger partial charge in [0.1, 0.15) is 12.6 Å². The third-order valence-electron chi connectivity index (χ3n) is 6.53. The van der Waals surface area contributed by atoms with Gasteiger partial charge in [-0.05, 0) is 67.8 Å². The van der Waals surface area contributed by atoms with Crippen molar-refractivity contribution in [3.8, 4) is 11.5 Å². The average molecular weight is 634 g/mol. The lowest BCUT2D eigenvalue weighted by Crippen LogP contribution is -2.35. The largest absolute Gasteiger partial charge is 0.490 e. The van der Waals surface area contributed by atoms with Gasteiger partial charge in [0.25, 0.3) is 5.56 Å². The molecule has 7 nitrogen and oxygen atoms in total. The number of aromatic nitrogens is 1. The standard InChI is InChI=1S/C32H29BrN2O5S/c1-4-38-26-17-22(11-16-25(26)40-19-21-9-7-6-8-10-21)18-27-30(36)35-20(3)28(31(37)39-5-2)29(34-32(35)41-27)23-12-14-24(33)15-13-23/h6-18,29H,4-5,19H2,1-3H3/b27-18-/t29-/m1/s1. The number of nitrogens with zero attached hydrogens (tertiary/aromatic N) is 2. The Morgan fingerprint density at radius 3 is 2.46 bits per heavy atom. The molecule has 1 atom stereocenters. The van der Waals surface area contributed by atoms with Gasteiger partial charge in [-0.15, -0.1) is 0 Å². The van der Waals surface area contributed by atoms with E-state index in [1.807, 2.05) is 85.8 Å². The number of hydrogen-bond donors (Lipinski definition) is 0. The molecule has 1 aromatic heterocycles. The van der Waals surface area contributed by atoms with E-state index >= 15 is 0 Å². The lowest BCUT2D eigenvalue weighted by atomic mass is 9.97. The number of esters is 1. The molecule has 0 radical (unpaired) electrons. The first kappa shape index (κ1) is 28.6. The highest BCUT2D eigenvalue weighted by molar-refractivity contribution is 9.10. The summed E-state index contributed by atoms with van der Waals surface area (Å²) in [6.07, 6.45) is 1.81. The van der Waals surface area contributed by atoms with Crippen LogP contribution in [0.3, 0.4) is 0 Å². The smallest absolute Gasteiger partial charge is 0.338 e. The van der Waals surface area contributed by atoms with Gasteiger partial charge >= 0.3 is 5.97 Å². The Morgan fingerprint density at radius 2 is 1.76 bits per heavy atom. The summed E-state index contributed by atoms with van der Waals surface area (Å²) in [5.41, 5.74) is 3.30. The van der Waals surface area contributed by atoms with Gasteiger partial charge in [0.2, 0.25) is 0 Å². The predicted molar refractivity (Wildman–Crippen MR) is 164 cm³/mol. The number of allylic oxidation sites excluding steroid dienone is 1. The number of carbonyl (C=O) groups excluding carboxylic acids is 1. The Balaban J connectivity index is 1.55. The van der Waals surface area contributed by atoms with Crippen LogP contribution < -0.4 is 24.4 Å². The first-order valence-corrected chi connectivity index (χ1v) is 14.9. The lowest BCUT2D eigenvalue weighted by Gasteiger charge is -2.22. The zero-order valence-electron chi connectivity index (χ0n) is 22.9. The Bertz CT molecular complexity index is 1780. The van der Waals surface area contributed by atoms with E-state index in [0.29, 0.717) is 45.3 Å². The van der Waals surface area contributed by atoms with Crippen LogP contribution in [-0.4, -0.2) is 23.8 Å². The number of ether oxygens (including phenoxy) is 3. The maximum absolute atomic E-state index is 13.6. The minimum atomic E-state index is -0.585. The predicted octanol–water partition coefficient (Wildman–Crippen LogP) is 5.65. The summed E-state index contributed by atoms with van der Waals surface area (Å²) in [5.74, 6) is 0.739. The highest BCUT2D eigenvalue weighted by Gasteiger charge is 2.31. The van der Waals surface area contributed by atoms with Gasteiger partial charge in [-0.2, -0.15) is 0 Å². The van der Waals surface area contributed by atoms with Gasteiger partial charge < -0.3 is 14.2 Å². The van der Waals surface area contributed by atoms with Gasteiger partial charge in [0, 0.05) is 10.2 Å². The highest BCUT2D eigenvalue weighted by atomic mass is 79.9.